The molecule has 0 fully saturated rings. The van der Waals surface area contributed by atoms with Gasteiger partial charge in [-0.15, -0.1) is 0 Å². The molecule has 3 N–H and O–H groups in total. The first-order valence-electron chi connectivity index (χ1n) is 8.23. The quantitative estimate of drug-likeness (QED) is 0.601. The summed E-state index contributed by atoms with van der Waals surface area (Å²) in [5.74, 6) is 0.354. The van der Waals surface area contributed by atoms with Crippen LogP contribution in [0.2, 0.25) is 0 Å². The molecule has 7 heteroatoms. The minimum atomic E-state index is -0.268. The van der Waals surface area contributed by atoms with Crippen molar-refractivity contribution in [1.29, 1.82) is 0 Å². The number of nitrogens with one attached hydrogen (secondary N) is 3. The van der Waals surface area contributed by atoms with Gasteiger partial charge in [0.05, 0.1) is 26.4 Å². The van der Waals surface area contributed by atoms with Crippen molar-refractivity contribution in [2.24, 2.45) is 0 Å². The third-order valence-corrected chi connectivity index (χ3v) is 4.39. The van der Waals surface area contributed by atoms with E-state index in [4.69, 9.17) is 4.74 Å². The minimum Gasteiger partial charge on any atom is -0.497 e. The largest absolute Gasteiger partial charge is 0.497 e. The summed E-state index contributed by atoms with van der Waals surface area (Å²) in [5.41, 5.74) is 1.76. The number of hydrogen-bond acceptors (Lipinski definition) is 3. The average molecular weight is 421 g/mol. The first-order chi connectivity index (χ1) is 12.5. The zero-order chi connectivity index (χ0) is 18.9. The average Bonchev–Trinajstić information content (AvgIpc) is 2.62. The molecule has 0 aliphatic rings. The van der Waals surface area contributed by atoms with Crippen LogP contribution in [0.1, 0.15) is 5.56 Å². The third-order valence-electron chi connectivity index (χ3n) is 3.70. The summed E-state index contributed by atoms with van der Waals surface area (Å²) in [7, 11) is 3.56. The molecular formula is C19H23BrN3O3+. The van der Waals surface area contributed by atoms with Crippen LogP contribution < -0.4 is 20.3 Å². The Morgan fingerprint density at radius 3 is 2.62 bits per heavy atom. The molecule has 0 radical (unpaired) electrons. The van der Waals surface area contributed by atoms with Gasteiger partial charge in [0.1, 0.15) is 12.3 Å². The zero-order valence-electron chi connectivity index (χ0n) is 14.8. The maximum atomic E-state index is 12.0. The number of para-hydroxylation sites is 1. The summed E-state index contributed by atoms with van der Waals surface area (Å²) in [6.07, 6.45) is 0. The molecule has 2 amide bonds. The number of halogens is 1. The van der Waals surface area contributed by atoms with E-state index < -0.39 is 0 Å². The Kier molecular flexibility index (Phi) is 7.62. The van der Waals surface area contributed by atoms with E-state index in [0.717, 1.165) is 20.7 Å². The molecule has 138 valence electrons. The molecule has 1 unspecified atom stereocenters. The number of amides is 2. The monoisotopic (exact) mass is 420 g/mol. The predicted molar refractivity (Wildman–Crippen MR) is 104 cm³/mol. The number of methoxy groups -OCH3 is 1. The van der Waals surface area contributed by atoms with Crippen molar-refractivity contribution in [2.45, 2.75) is 6.54 Å². The van der Waals surface area contributed by atoms with E-state index in [1.807, 2.05) is 49.5 Å². The minimum absolute atomic E-state index is 0.0629. The fourth-order valence-electron chi connectivity index (χ4n) is 2.47. The highest BCUT2D eigenvalue weighted by Crippen LogP contribution is 2.20. The fourth-order valence-corrected chi connectivity index (χ4v) is 2.85. The van der Waals surface area contributed by atoms with Gasteiger partial charge in [-0.25, -0.2) is 0 Å². The molecule has 0 aromatic heterocycles. The predicted octanol–water partition coefficient (Wildman–Crippen LogP) is 1.23. The summed E-state index contributed by atoms with van der Waals surface area (Å²) >= 11 is 3.36. The van der Waals surface area contributed by atoms with Gasteiger partial charge >= 0.3 is 0 Å². The molecular weight excluding hydrogens is 398 g/mol. The summed E-state index contributed by atoms with van der Waals surface area (Å²) < 4.78 is 6.00. The number of carbonyl (C=O) groups excluding carboxylic acids is 2. The standard InChI is InChI=1S/C19H22BrN3O3/c1-23(12-14-6-5-7-15(10-14)26-2)13-19(25)21-11-18(24)22-17-9-4-3-8-16(17)20/h3-10H,11-13H2,1-2H3,(H,21,25)(H,22,24)/p+1. The van der Waals surface area contributed by atoms with Crippen LogP contribution in [0.3, 0.4) is 0 Å². The Morgan fingerprint density at radius 1 is 1.12 bits per heavy atom. The summed E-state index contributed by atoms with van der Waals surface area (Å²) in [6.45, 7) is 0.903. The second kappa shape index (κ2) is 9.94. The molecule has 0 saturated carbocycles. The van der Waals surface area contributed by atoms with E-state index >= 15 is 0 Å². The van der Waals surface area contributed by atoms with E-state index in [2.05, 4.69) is 26.6 Å². The maximum Gasteiger partial charge on any atom is 0.275 e. The van der Waals surface area contributed by atoms with Crippen LogP contribution in [0.5, 0.6) is 5.75 Å². The van der Waals surface area contributed by atoms with Gasteiger partial charge in [-0.1, -0.05) is 24.3 Å². The Hall–Kier alpha value is -2.38. The lowest BCUT2D eigenvalue weighted by Crippen LogP contribution is -3.08. The van der Waals surface area contributed by atoms with Crippen LogP contribution in [-0.4, -0.2) is 39.1 Å². The van der Waals surface area contributed by atoms with Gasteiger partial charge < -0.3 is 20.3 Å². The topological polar surface area (TPSA) is 71.9 Å². The number of hydrogen-bond donors (Lipinski definition) is 3. The summed E-state index contributed by atoms with van der Waals surface area (Å²) in [6, 6.07) is 15.1. The number of benzene rings is 2. The lowest BCUT2D eigenvalue weighted by atomic mass is 10.2. The molecule has 0 spiro atoms. The van der Waals surface area contributed by atoms with Crippen molar-refractivity contribution in [3.05, 3.63) is 58.6 Å². The highest BCUT2D eigenvalue weighted by atomic mass is 79.9. The number of quaternary nitrogens is 1. The number of ether oxygens (including phenoxy) is 1. The molecule has 0 aliphatic heterocycles. The molecule has 6 nitrogen and oxygen atoms in total. The van der Waals surface area contributed by atoms with E-state index in [1.165, 1.54) is 0 Å². The van der Waals surface area contributed by atoms with Gasteiger partial charge in [0, 0.05) is 10.0 Å². The highest BCUT2D eigenvalue weighted by Gasteiger charge is 2.13. The van der Waals surface area contributed by atoms with E-state index in [9.17, 15) is 9.59 Å². The van der Waals surface area contributed by atoms with Crippen molar-refractivity contribution < 1.29 is 19.2 Å². The lowest BCUT2D eigenvalue weighted by Gasteiger charge is -2.14. The van der Waals surface area contributed by atoms with E-state index in [1.54, 1.807) is 13.2 Å². The third kappa shape index (κ3) is 6.50. The molecule has 0 saturated heterocycles. The first-order valence-corrected chi connectivity index (χ1v) is 9.02. The van der Waals surface area contributed by atoms with Crippen molar-refractivity contribution in [1.82, 2.24) is 5.32 Å². The second-order valence-electron chi connectivity index (χ2n) is 5.97. The Balaban J connectivity index is 1.75. The van der Waals surface area contributed by atoms with Crippen LogP contribution in [0.25, 0.3) is 0 Å². The van der Waals surface area contributed by atoms with Crippen LogP contribution in [-0.2, 0) is 16.1 Å². The molecule has 2 rings (SSSR count). The van der Waals surface area contributed by atoms with Crippen molar-refractivity contribution >= 4 is 33.4 Å². The van der Waals surface area contributed by atoms with Gasteiger partial charge in [0.25, 0.3) is 5.91 Å². The Morgan fingerprint density at radius 2 is 1.88 bits per heavy atom. The normalized spacial score (nSPS) is 11.5. The molecule has 26 heavy (non-hydrogen) atoms. The van der Waals surface area contributed by atoms with E-state index in [0.29, 0.717) is 12.2 Å². The van der Waals surface area contributed by atoms with Gasteiger partial charge in [0.15, 0.2) is 6.54 Å². The summed E-state index contributed by atoms with van der Waals surface area (Å²) in [4.78, 5) is 25.0. The Bertz CT molecular complexity index is 767. The van der Waals surface area contributed by atoms with Crippen molar-refractivity contribution in [3.63, 3.8) is 0 Å². The highest BCUT2D eigenvalue weighted by molar-refractivity contribution is 9.10. The Labute approximate surface area is 161 Å². The van der Waals surface area contributed by atoms with Gasteiger partial charge in [0.2, 0.25) is 5.91 Å². The number of likely N-dealkylation sites (N-methyl/N-ethyl adjacent to an activating group) is 1. The number of carbonyl (C=O) groups is 2. The molecule has 2 aromatic rings. The maximum absolute atomic E-state index is 12.0. The van der Waals surface area contributed by atoms with Crippen molar-refractivity contribution in [2.75, 3.05) is 32.6 Å². The first kappa shape index (κ1) is 19.9. The lowest BCUT2D eigenvalue weighted by molar-refractivity contribution is -0.885. The molecule has 0 bridgehead atoms. The molecule has 0 aliphatic carbocycles. The van der Waals surface area contributed by atoms with Gasteiger partial charge in [-0.3, -0.25) is 9.59 Å². The second-order valence-corrected chi connectivity index (χ2v) is 6.82. The molecule has 2 aromatic carbocycles. The number of rotatable bonds is 8. The van der Waals surface area contributed by atoms with Crippen LogP contribution >= 0.6 is 15.9 Å². The smallest absolute Gasteiger partial charge is 0.275 e. The van der Waals surface area contributed by atoms with E-state index in [-0.39, 0.29) is 24.9 Å². The van der Waals surface area contributed by atoms with Crippen molar-refractivity contribution in [3.8, 4) is 5.75 Å². The molecule has 0 heterocycles. The van der Waals surface area contributed by atoms with Crippen LogP contribution in [0.15, 0.2) is 53.0 Å². The fraction of sp³-hybridized carbons (Fsp3) is 0.263. The van der Waals surface area contributed by atoms with Gasteiger partial charge in [-0.2, -0.15) is 0 Å². The number of anilines is 1. The van der Waals surface area contributed by atoms with Crippen LogP contribution in [0.4, 0.5) is 5.69 Å². The molecule has 1 atom stereocenters. The van der Waals surface area contributed by atoms with Crippen LogP contribution in [0, 0.1) is 0 Å². The summed E-state index contributed by atoms with van der Waals surface area (Å²) in [5, 5.41) is 5.40. The SMILES string of the molecule is COc1cccc(C[NH+](C)CC(=O)NCC(=O)Nc2ccccc2Br)c1. The van der Waals surface area contributed by atoms with Gasteiger partial charge in [-0.05, 0) is 40.2 Å². The zero-order valence-corrected chi connectivity index (χ0v) is 16.4.